The molecule has 0 fully saturated rings. The minimum absolute atomic E-state index is 0. The normalized spacial score (nSPS) is 9.38. The summed E-state index contributed by atoms with van der Waals surface area (Å²) >= 11 is 4.96. The fourth-order valence-corrected chi connectivity index (χ4v) is 0.627. The molecular weight excluding hydrogens is 324 g/mol. The fraction of sp³-hybridized carbons (Fsp3) is 0.364. The molecule has 0 unspecified atom stereocenters. The molecule has 0 heterocycles. The quantitative estimate of drug-likeness (QED) is 0.482. The Bertz CT molecular complexity index is 290. The average molecular weight is 340 g/mol. The molecule has 96 valence electrons. The van der Waals surface area contributed by atoms with Gasteiger partial charge in [-0.15, -0.1) is 17.0 Å². The van der Waals surface area contributed by atoms with E-state index in [2.05, 4.69) is 4.89 Å². The maximum atomic E-state index is 10.5. The van der Waals surface area contributed by atoms with Crippen LogP contribution in [0.5, 0.6) is 0 Å². The maximum Gasteiger partial charge on any atom is 0.372 e. The van der Waals surface area contributed by atoms with Crippen LogP contribution >= 0.6 is 17.0 Å². The summed E-state index contributed by atoms with van der Waals surface area (Å²) in [6, 6.07) is 8.25. The smallest absolute Gasteiger partial charge is 0.296 e. The van der Waals surface area contributed by atoms with Crippen molar-refractivity contribution in [1.29, 1.82) is 0 Å². The first-order valence-electron chi connectivity index (χ1n) is 4.40. The molecule has 0 spiro atoms. The van der Waals surface area contributed by atoms with E-state index in [4.69, 9.17) is 21.3 Å². The second-order valence-corrected chi connectivity index (χ2v) is 5.11. The average Bonchev–Trinajstić information content (AvgIpc) is 2.15. The van der Waals surface area contributed by atoms with Gasteiger partial charge in [-0.2, -0.15) is 5.26 Å². The van der Waals surface area contributed by atoms with Crippen molar-refractivity contribution in [2.45, 2.75) is 25.1 Å². The van der Waals surface area contributed by atoms with Crippen molar-refractivity contribution >= 4 is 23.0 Å². The summed E-state index contributed by atoms with van der Waals surface area (Å²) < 4.78 is 0.0625. The van der Waals surface area contributed by atoms with E-state index < -0.39 is 5.97 Å². The Morgan fingerprint density at radius 1 is 1.25 bits per heavy atom. The van der Waals surface area contributed by atoms with Crippen molar-refractivity contribution < 1.29 is 31.0 Å². The molecule has 0 aromatic heterocycles. The topological polar surface area (TPSA) is 46.5 Å². The summed E-state index contributed by atoms with van der Waals surface area (Å²) in [6.07, 6.45) is 0. The van der Waals surface area contributed by atoms with Gasteiger partial charge in [0.2, 0.25) is 0 Å². The predicted molar refractivity (Wildman–Crippen MR) is 64.5 cm³/mol. The van der Waals surface area contributed by atoms with Crippen LogP contribution < -0.4 is 0 Å². The third kappa shape index (κ3) is 11.7. The van der Waals surface area contributed by atoms with Gasteiger partial charge in [0, 0.05) is 0 Å². The zero-order chi connectivity index (χ0) is 11.9. The van der Waals surface area contributed by atoms with Crippen molar-refractivity contribution in [3.63, 3.8) is 0 Å². The molecule has 0 amide bonds. The summed E-state index contributed by atoms with van der Waals surface area (Å²) in [6.45, 7) is 5.98. The van der Waals surface area contributed by atoms with E-state index in [0.717, 1.165) is 0 Å². The largest absolute Gasteiger partial charge is 0.372 e. The maximum absolute atomic E-state index is 10.5. The van der Waals surface area contributed by atoms with Crippen LogP contribution in [-0.2, 0) is 20.9 Å². The van der Waals surface area contributed by atoms with E-state index >= 15 is 0 Å². The number of rotatable bonds is 1. The standard InChI is InChI=1S/C7H6O3.C4H9.BrH.Cu/c8-7(10-9)6-4-2-1-3-5-6;1-4(2)3;;/h1-5,9H;1-3H3;1H;. The van der Waals surface area contributed by atoms with E-state index in [9.17, 15) is 4.79 Å². The molecule has 0 aliphatic heterocycles. The van der Waals surface area contributed by atoms with Gasteiger partial charge in [0.25, 0.3) is 0 Å². The molecule has 3 nitrogen and oxygen atoms in total. The van der Waals surface area contributed by atoms with Crippen LogP contribution in [0.3, 0.4) is 0 Å². The first-order chi connectivity index (χ1) is 6.84. The SMILES string of the molecule is Br.C[C](C)(C)[Cu].O=C(OO)c1ccccc1. The van der Waals surface area contributed by atoms with Crippen molar-refractivity contribution in [2.24, 2.45) is 0 Å². The van der Waals surface area contributed by atoms with Gasteiger partial charge in [-0.1, -0.05) is 18.2 Å². The van der Waals surface area contributed by atoms with Crippen molar-refractivity contribution in [3.05, 3.63) is 35.9 Å². The molecule has 0 saturated heterocycles. The number of benzene rings is 1. The summed E-state index contributed by atoms with van der Waals surface area (Å²) in [7, 11) is 0. The molecule has 1 rings (SSSR count). The van der Waals surface area contributed by atoms with Gasteiger partial charge in [-0.05, 0) is 12.1 Å². The molecule has 0 saturated carbocycles. The molecule has 1 aromatic rings. The van der Waals surface area contributed by atoms with E-state index in [1.54, 1.807) is 30.3 Å². The summed E-state index contributed by atoms with van der Waals surface area (Å²) in [5.74, 6) is -0.736. The minimum atomic E-state index is -0.736. The van der Waals surface area contributed by atoms with E-state index in [1.807, 2.05) is 20.8 Å². The van der Waals surface area contributed by atoms with Gasteiger partial charge in [0.05, 0.1) is 5.56 Å². The molecule has 1 aromatic carbocycles. The van der Waals surface area contributed by atoms with Gasteiger partial charge in [0.1, 0.15) is 0 Å². The molecule has 0 aliphatic rings. The van der Waals surface area contributed by atoms with Gasteiger partial charge in [-0.3, -0.25) is 4.89 Å². The Kier molecular flexibility index (Phi) is 9.87. The monoisotopic (exact) mass is 338 g/mol. The Balaban J connectivity index is 0. The minimum Gasteiger partial charge on any atom is -0.296 e. The van der Waals surface area contributed by atoms with Crippen LogP contribution in [0.1, 0.15) is 31.1 Å². The van der Waals surface area contributed by atoms with Crippen LogP contribution in [-0.4, -0.2) is 11.2 Å². The number of carbonyl (C=O) groups is 1. The molecule has 0 radical (unpaired) electrons. The van der Waals surface area contributed by atoms with Gasteiger partial charge in [0.15, 0.2) is 0 Å². The van der Waals surface area contributed by atoms with Crippen molar-refractivity contribution in [2.75, 3.05) is 0 Å². The first kappa shape index (κ1) is 18.0. The van der Waals surface area contributed by atoms with Crippen LogP contribution in [0, 0.1) is 0 Å². The second kappa shape index (κ2) is 8.76. The third-order valence-electron chi connectivity index (χ3n) is 1.09. The molecule has 0 bridgehead atoms. The zero-order valence-electron chi connectivity index (χ0n) is 9.36. The van der Waals surface area contributed by atoms with Gasteiger partial charge < -0.3 is 0 Å². The van der Waals surface area contributed by atoms with Crippen LogP contribution in [0.25, 0.3) is 0 Å². The second-order valence-electron chi connectivity index (χ2n) is 3.70. The molecule has 0 atom stereocenters. The first-order valence-corrected chi connectivity index (χ1v) is 4.87. The van der Waals surface area contributed by atoms with Gasteiger partial charge in [-0.25, -0.2) is 4.79 Å². The molecular formula is C11H16BrCuO3. The van der Waals surface area contributed by atoms with Crippen LogP contribution in [0.2, 0.25) is 4.31 Å². The van der Waals surface area contributed by atoms with E-state index in [-0.39, 0.29) is 21.3 Å². The zero-order valence-corrected chi connectivity index (χ0v) is 12.0. The van der Waals surface area contributed by atoms with E-state index in [1.165, 1.54) is 0 Å². The molecule has 5 heteroatoms. The predicted octanol–water partition coefficient (Wildman–Crippen LogP) is 3.65. The van der Waals surface area contributed by atoms with Crippen molar-refractivity contribution in [1.82, 2.24) is 0 Å². The number of hydrogen-bond donors (Lipinski definition) is 1. The van der Waals surface area contributed by atoms with Crippen LogP contribution in [0.15, 0.2) is 30.3 Å². The summed E-state index contributed by atoms with van der Waals surface area (Å²) in [5.41, 5.74) is 0.338. The number of hydrogen-bond acceptors (Lipinski definition) is 3. The Morgan fingerprint density at radius 2 is 1.62 bits per heavy atom. The van der Waals surface area contributed by atoms with E-state index in [0.29, 0.717) is 5.56 Å². The Hall–Kier alpha value is -0.351. The van der Waals surface area contributed by atoms with Crippen LogP contribution in [0.4, 0.5) is 0 Å². The summed E-state index contributed by atoms with van der Waals surface area (Å²) in [5, 5.41) is 7.94. The summed E-state index contributed by atoms with van der Waals surface area (Å²) in [4.78, 5) is 14.0. The molecule has 1 N–H and O–H groups in total. The molecule has 16 heavy (non-hydrogen) atoms. The van der Waals surface area contributed by atoms with Crippen molar-refractivity contribution in [3.8, 4) is 0 Å². The number of carbonyl (C=O) groups excluding carboxylic acids is 1. The Labute approximate surface area is 115 Å². The number of halogens is 1. The molecule has 0 aliphatic carbocycles. The third-order valence-corrected chi connectivity index (χ3v) is 1.09. The van der Waals surface area contributed by atoms with Gasteiger partial charge >= 0.3 is 47.1 Å². The fourth-order valence-electron chi connectivity index (χ4n) is 0.627. The Morgan fingerprint density at radius 3 is 1.94 bits per heavy atom.